The number of esters is 1. The molecule has 0 unspecified atom stereocenters. The van der Waals surface area contributed by atoms with Crippen molar-refractivity contribution in [3.8, 4) is 11.8 Å². The molecule has 29 heavy (non-hydrogen) atoms. The molecular formula is C19H15F2N3O5. The topological polar surface area (TPSA) is 118 Å². The molecule has 150 valence electrons. The van der Waals surface area contributed by atoms with Crippen molar-refractivity contribution in [2.75, 3.05) is 18.5 Å². The third-order valence-corrected chi connectivity index (χ3v) is 3.43. The highest BCUT2D eigenvalue weighted by Gasteiger charge is 2.17. The molecule has 0 bridgehead atoms. The van der Waals surface area contributed by atoms with E-state index < -0.39 is 37.5 Å². The molecular weight excluding hydrogens is 388 g/mol. The van der Waals surface area contributed by atoms with E-state index in [1.807, 2.05) is 6.07 Å². The molecule has 0 heterocycles. The number of nitrogens with zero attached hydrogens (tertiary/aromatic N) is 1. The molecule has 8 nitrogen and oxygen atoms in total. The highest BCUT2D eigenvalue weighted by Crippen LogP contribution is 2.20. The van der Waals surface area contributed by atoms with Crippen LogP contribution in [0.3, 0.4) is 0 Å². The summed E-state index contributed by atoms with van der Waals surface area (Å²) >= 11 is 0. The smallest absolute Gasteiger partial charge is 0.387 e. The van der Waals surface area contributed by atoms with Crippen molar-refractivity contribution in [3.05, 3.63) is 59.7 Å². The zero-order valence-corrected chi connectivity index (χ0v) is 14.9. The van der Waals surface area contributed by atoms with Gasteiger partial charge in [0.2, 0.25) is 0 Å². The number of amides is 2. The lowest BCUT2D eigenvalue weighted by Gasteiger charge is -2.11. The largest absolute Gasteiger partial charge is 0.454 e. The first-order chi connectivity index (χ1) is 13.9. The summed E-state index contributed by atoms with van der Waals surface area (Å²) in [6.07, 6.45) is 0. The molecule has 2 aromatic carbocycles. The maximum atomic E-state index is 12.4. The quantitative estimate of drug-likeness (QED) is 0.652. The number of ether oxygens (including phenoxy) is 2. The number of alkyl halides is 2. The highest BCUT2D eigenvalue weighted by molar-refractivity contribution is 5.98. The van der Waals surface area contributed by atoms with Gasteiger partial charge in [-0.15, -0.1) is 0 Å². The van der Waals surface area contributed by atoms with Crippen molar-refractivity contribution in [2.45, 2.75) is 6.61 Å². The Balaban J connectivity index is 1.82. The molecule has 0 atom stereocenters. The Hall–Kier alpha value is -4.00. The standard InChI is InChI=1S/C19H15F2N3O5/c20-19(21)29-15-8-4-2-6-13(15)18(27)23-10-17(26)28-11-16(25)24-14-7-3-1-5-12(14)9-22/h1-8,19H,10-11H2,(H,23,27)(H,24,25). The van der Waals surface area contributed by atoms with Crippen LogP contribution in [0.1, 0.15) is 15.9 Å². The van der Waals surface area contributed by atoms with Gasteiger partial charge in [0.05, 0.1) is 16.8 Å². The summed E-state index contributed by atoms with van der Waals surface area (Å²) < 4.78 is 33.7. The zero-order valence-electron chi connectivity index (χ0n) is 14.9. The van der Waals surface area contributed by atoms with Crippen LogP contribution in [0.25, 0.3) is 0 Å². The second-order valence-electron chi connectivity index (χ2n) is 5.42. The van der Waals surface area contributed by atoms with Crippen LogP contribution >= 0.6 is 0 Å². The molecule has 2 rings (SSSR count). The Morgan fingerprint density at radius 1 is 1.07 bits per heavy atom. The molecule has 0 saturated heterocycles. The van der Waals surface area contributed by atoms with Gasteiger partial charge in [0.15, 0.2) is 6.61 Å². The SMILES string of the molecule is N#Cc1ccccc1NC(=O)COC(=O)CNC(=O)c1ccccc1OC(F)F. The third kappa shape index (κ3) is 6.59. The number of nitriles is 1. The third-order valence-electron chi connectivity index (χ3n) is 3.43. The predicted molar refractivity (Wildman–Crippen MR) is 96.2 cm³/mol. The summed E-state index contributed by atoms with van der Waals surface area (Å²) in [6.45, 7) is -4.35. The van der Waals surface area contributed by atoms with Crippen molar-refractivity contribution in [1.29, 1.82) is 5.26 Å². The maximum absolute atomic E-state index is 12.4. The molecule has 0 radical (unpaired) electrons. The Morgan fingerprint density at radius 2 is 1.76 bits per heavy atom. The van der Waals surface area contributed by atoms with Crippen molar-refractivity contribution in [1.82, 2.24) is 5.32 Å². The number of hydrogen-bond donors (Lipinski definition) is 2. The summed E-state index contributed by atoms with van der Waals surface area (Å²) in [5.74, 6) is -2.77. The fraction of sp³-hybridized carbons (Fsp3) is 0.158. The number of para-hydroxylation sites is 2. The average molecular weight is 403 g/mol. The van der Waals surface area contributed by atoms with Crippen LogP contribution < -0.4 is 15.4 Å². The molecule has 10 heteroatoms. The van der Waals surface area contributed by atoms with Gasteiger partial charge in [-0.2, -0.15) is 14.0 Å². The fourth-order valence-electron chi connectivity index (χ4n) is 2.17. The Labute approximate surface area is 164 Å². The maximum Gasteiger partial charge on any atom is 0.387 e. The molecule has 0 aliphatic carbocycles. The van der Waals surface area contributed by atoms with E-state index in [0.717, 1.165) is 0 Å². The average Bonchev–Trinajstić information content (AvgIpc) is 2.71. The summed E-state index contributed by atoms with van der Waals surface area (Å²) in [7, 11) is 0. The highest BCUT2D eigenvalue weighted by atomic mass is 19.3. The van der Waals surface area contributed by atoms with Gasteiger partial charge < -0.3 is 20.1 Å². The van der Waals surface area contributed by atoms with E-state index in [0.29, 0.717) is 0 Å². The van der Waals surface area contributed by atoms with Gasteiger partial charge in [-0.1, -0.05) is 24.3 Å². The molecule has 0 aliphatic rings. The first-order valence-corrected chi connectivity index (χ1v) is 8.17. The van der Waals surface area contributed by atoms with Gasteiger partial charge in [-0.3, -0.25) is 14.4 Å². The minimum Gasteiger partial charge on any atom is -0.454 e. The van der Waals surface area contributed by atoms with E-state index in [9.17, 15) is 23.2 Å². The number of carbonyl (C=O) groups excluding carboxylic acids is 3. The first kappa shape index (κ1) is 21.3. The lowest BCUT2D eigenvalue weighted by Crippen LogP contribution is -2.32. The predicted octanol–water partition coefficient (Wildman–Crippen LogP) is 2.07. The Kier molecular flexibility index (Phi) is 7.61. The van der Waals surface area contributed by atoms with E-state index in [-0.39, 0.29) is 22.6 Å². The molecule has 2 N–H and O–H groups in total. The van der Waals surface area contributed by atoms with Gasteiger partial charge in [-0.05, 0) is 24.3 Å². The van der Waals surface area contributed by atoms with E-state index in [4.69, 9.17) is 10.00 Å². The summed E-state index contributed by atoms with van der Waals surface area (Å²) in [6, 6.07) is 13.4. The number of benzene rings is 2. The van der Waals surface area contributed by atoms with Crippen molar-refractivity contribution < 1.29 is 32.6 Å². The van der Waals surface area contributed by atoms with Crippen molar-refractivity contribution >= 4 is 23.5 Å². The van der Waals surface area contributed by atoms with Gasteiger partial charge in [-0.25, -0.2) is 0 Å². The normalized spacial score (nSPS) is 10.0. The van der Waals surface area contributed by atoms with Crippen molar-refractivity contribution in [3.63, 3.8) is 0 Å². The first-order valence-electron chi connectivity index (χ1n) is 8.17. The number of anilines is 1. The van der Waals surface area contributed by atoms with Gasteiger partial charge >= 0.3 is 12.6 Å². The second-order valence-corrected chi connectivity index (χ2v) is 5.42. The van der Waals surface area contributed by atoms with Gasteiger partial charge in [0.1, 0.15) is 18.4 Å². The summed E-state index contributed by atoms with van der Waals surface area (Å²) in [4.78, 5) is 35.6. The van der Waals surface area contributed by atoms with Gasteiger partial charge in [0, 0.05) is 0 Å². The van der Waals surface area contributed by atoms with Crippen LogP contribution in [0, 0.1) is 11.3 Å². The summed E-state index contributed by atoms with van der Waals surface area (Å²) in [5, 5.41) is 13.6. The van der Waals surface area contributed by atoms with E-state index in [2.05, 4.69) is 15.4 Å². The molecule has 0 fully saturated rings. The number of nitrogens with one attached hydrogen (secondary N) is 2. The minimum absolute atomic E-state index is 0.188. The van der Waals surface area contributed by atoms with Crippen LogP contribution in [0.4, 0.5) is 14.5 Å². The molecule has 0 aliphatic heterocycles. The van der Waals surface area contributed by atoms with E-state index in [1.165, 1.54) is 36.4 Å². The molecule has 0 spiro atoms. The molecule has 2 aromatic rings. The molecule has 0 saturated carbocycles. The minimum atomic E-state index is -3.11. The number of halogens is 2. The van der Waals surface area contributed by atoms with Gasteiger partial charge in [0.25, 0.3) is 11.8 Å². The van der Waals surface area contributed by atoms with Crippen molar-refractivity contribution in [2.24, 2.45) is 0 Å². The zero-order chi connectivity index (χ0) is 21.2. The van der Waals surface area contributed by atoms with Crippen LogP contribution in [0.15, 0.2) is 48.5 Å². The number of carbonyl (C=O) groups is 3. The molecule has 0 aromatic heterocycles. The molecule has 2 amide bonds. The number of rotatable bonds is 8. The van der Waals surface area contributed by atoms with Crippen LogP contribution in [0.2, 0.25) is 0 Å². The number of hydrogen-bond acceptors (Lipinski definition) is 6. The summed E-state index contributed by atoms with van der Waals surface area (Å²) in [5.41, 5.74) is 0.315. The van der Waals surface area contributed by atoms with Crippen LogP contribution in [-0.4, -0.2) is 37.5 Å². The van der Waals surface area contributed by atoms with Crippen LogP contribution in [-0.2, 0) is 14.3 Å². The second kappa shape index (κ2) is 10.4. The lowest BCUT2D eigenvalue weighted by molar-refractivity contribution is -0.146. The Morgan fingerprint density at radius 3 is 2.48 bits per heavy atom. The van der Waals surface area contributed by atoms with E-state index >= 15 is 0 Å². The lowest BCUT2D eigenvalue weighted by atomic mass is 10.2. The Bertz CT molecular complexity index is 943. The van der Waals surface area contributed by atoms with E-state index in [1.54, 1.807) is 12.1 Å². The van der Waals surface area contributed by atoms with Crippen LogP contribution in [0.5, 0.6) is 5.75 Å². The monoisotopic (exact) mass is 403 g/mol. The fourth-order valence-corrected chi connectivity index (χ4v) is 2.17.